The van der Waals surface area contributed by atoms with Crippen molar-refractivity contribution >= 4 is 23.9 Å². The van der Waals surface area contributed by atoms with E-state index in [1.54, 1.807) is 27.7 Å². The lowest BCUT2D eigenvalue weighted by Gasteiger charge is -2.14. The molecule has 7 nitrogen and oxygen atoms in total. The molecule has 120 valence electrons. The molecule has 0 bridgehead atoms. The molecule has 1 saturated heterocycles. The third-order valence-electron chi connectivity index (χ3n) is 3.59. The fourth-order valence-corrected chi connectivity index (χ4v) is 1.47. The van der Waals surface area contributed by atoms with Gasteiger partial charge in [0, 0.05) is 0 Å². The zero-order valence-corrected chi connectivity index (χ0v) is 13.2. The molecule has 7 heteroatoms. The Hall–Kier alpha value is -1.92. The number of hydrogen-bond donors (Lipinski definition) is 0. The summed E-state index contributed by atoms with van der Waals surface area (Å²) in [7, 11) is 2.59. The first-order valence-corrected chi connectivity index (χ1v) is 6.58. The molecule has 0 aromatic carbocycles. The van der Waals surface area contributed by atoms with Crippen molar-refractivity contribution in [3.05, 3.63) is 0 Å². The van der Waals surface area contributed by atoms with Crippen molar-refractivity contribution in [3.8, 4) is 0 Å². The molecule has 1 rings (SSSR count). The first-order chi connectivity index (χ1) is 9.67. The average molecular weight is 302 g/mol. The smallest absolute Gasteiger partial charge is 0.317 e. The van der Waals surface area contributed by atoms with Gasteiger partial charge in [0.2, 0.25) is 0 Å². The average Bonchev–Trinajstić information content (AvgIpc) is 2.70. The number of esters is 4. The maximum atomic E-state index is 10.9. The first-order valence-electron chi connectivity index (χ1n) is 6.58. The second-order valence-electron chi connectivity index (χ2n) is 4.94. The highest BCUT2D eigenvalue weighted by Gasteiger charge is 2.37. The van der Waals surface area contributed by atoms with E-state index in [4.69, 9.17) is 0 Å². The normalized spacial score (nSPS) is 23.3. The van der Waals surface area contributed by atoms with E-state index in [0.29, 0.717) is 0 Å². The molecule has 1 aliphatic rings. The van der Waals surface area contributed by atoms with Gasteiger partial charge in [-0.15, -0.1) is 0 Å². The Kier molecular flexibility index (Phi) is 7.62. The van der Waals surface area contributed by atoms with Gasteiger partial charge >= 0.3 is 23.9 Å². The van der Waals surface area contributed by atoms with E-state index < -0.39 is 35.7 Å². The molecule has 0 spiro atoms. The van der Waals surface area contributed by atoms with Gasteiger partial charge in [-0.25, -0.2) is 0 Å². The Morgan fingerprint density at radius 2 is 1.19 bits per heavy atom. The molecule has 0 aliphatic carbocycles. The highest BCUT2D eigenvalue weighted by molar-refractivity contribution is 5.95. The van der Waals surface area contributed by atoms with Crippen molar-refractivity contribution in [3.63, 3.8) is 0 Å². The molecule has 0 N–H and O–H groups in total. The molecular formula is C14H22O7. The van der Waals surface area contributed by atoms with Crippen LogP contribution in [0.3, 0.4) is 0 Å². The molecule has 0 unspecified atom stereocenters. The van der Waals surface area contributed by atoms with Crippen LogP contribution in [0.15, 0.2) is 0 Å². The number of carbonyl (C=O) groups excluding carboxylic acids is 4. The van der Waals surface area contributed by atoms with E-state index in [-0.39, 0.29) is 11.8 Å². The van der Waals surface area contributed by atoms with Crippen molar-refractivity contribution in [2.24, 2.45) is 23.7 Å². The van der Waals surface area contributed by atoms with Crippen molar-refractivity contribution in [2.75, 3.05) is 14.2 Å². The topological polar surface area (TPSA) is 96.0 Å². The molecule has 0 amide bonds. The van der Waals surface area contributed by atoms with E-state index in [2.05, 4.69) is 14.2 Å². The number of methoxy groups -OCH3 is 2. The number of cyclic esters (lactones) is 2. The van der Waals surface area contributed by atoms with Crippen molar-refractivity contribution in [1.82, 2.24) is 0 Å². The Bertz CT molecular complexity index is 378. The van der Waals surface area contributed by atoms with Crippen molar-refractivity contribution in [1.29, 1.82) is 0 Å². The van der Waals surface area contributed by atoms with Crippen LogP contribution in [0.25, 0.3) is 0 Å². The number of carbonyl (C=O) groups is 4. The summed E-state index contributed by atoms with van der Waals surface area (Å²) in [5.74, 6) is -3.00. The quantitative estimate of drug-likeness (QED) is 0.435. The SMILES string of the molecule is COC(=O)[C@@H](C)[C@H](C)C(=O)OC.C[C@@H]1C(=O)OC(=O)[C@H]1C. The maximum absolute atomic E-state index is 10.9. The zero-order valence-electron chi connectivity index (χ0n) is 13.2. The van der Waals surface area contributed by atoms with E-state index in [1.165, 1.54) is 14.2 Å². The van der Waals surface area contributed by atoms with Crippen molar-refractivity contribution in [2.45, 2.75) is 27.7 Å². The second kappa shape index (κ2) is 8.39. The van der Waals surface area contributed by atoms with Crippen LogP contribution in [0.5, 0.6) is 0 Å². The van der Waals surface area contributed by atoms with Gasteiger partial charge in [-0.1, -0.05) is 27.7 Å². The molecule has 0 radical (unpaired) electrons. The third-order valence-corrected chi connectivity index (χ3v) is 3.59. The van der Waals surface area contributed by atoms with Crippen LogP contribution in [0.4, 0.5) is 0 Å². The lowest BCUT2D eigenvalue weighted by atomic mass is 9.96. The predicted molar refractivity (Wildman–Crippen MR) is 71.8 cm³/mol. The summed E-state index contributed by atoms with van der Waals surface area (Å²) in [6.07, 6.45) is 0. The fourth-order valence-electron chi connectivity index (χ4n) is 1.47. The molecule has 0 saturated carbocycles. The maximum Gasteiger partial charge on any atom is 0.317 e. The minimum absolute atomic E-state index is 0.252. The number of hydrogen-bond acceptors (Lipinski definition) is 7. The van der Waals surface area contributed by atoms with Gasteiger partial charge in [0.25, 0.3) is 0 Å². The van der Waals surface area contributed by atoms with Crippen LogP contribution in [0.1, 0.15) is 27.7 Å². The summed E-state index contributed by atoms with van der Waals surface area (Å²) in [4.78, 5) is 43.0. The summed E-state index contributed by atoms with van der Waals surface area (Å²) in [5, 5.41) is 0. The summed E-state index contributed by atoms with van der Waals surface area (Å²) < 4.78 is 13.3. The predicted octanol–water partition coefficient (Wildman–Crippen LogP) is 0.947. The van der Waals surface area contributed by atoms with Crippen LogP contribution in [-0.2, 0) is 33.4 Å². The van der Waals surface area contributed by atoms with E-state index in [0.717, 1.165) is 0 Å². The van der Waals surface area contributed by atoms with Gasteiger partial charge in [0.15, 0.2) is 0 Å². The molecule has 4 atom stereocenters. The lowest BCUT2D eigenvalue weighted by molar-refractivity contribution is -0.156. The van der Waals surface area contributed by atoms with Crippen LogP contribution >= 0.6 is 0 Å². The molecule has 1 heterocycles. The Morgan fingerprint density at radius 1 is 0.905 bits per heavy atom. The minimum Gasteiger partial charge on any atom is -0.469 e. The lowest BCUT2D eigenvalue weighted by Crippen LogP contribution is -2.27. The Morgan fingerprint density at radius 3 is 1.33 bits per heavy atom. The minimum atomic E-state index is -0.456. The van der Waals surface area contributed by atoms with Gasteiger partial charge in [0.05, 0.1) is 37.9 Å². The van der Waals surface area contributed by atoms with Crippen LogP contribution in [0, 0.1) is 23.7 Å². The van der Waals surface area contributed by atoms with Gasteiger partial charge in [0.1, 0.15) is 0 Å². The van der Waals surface area contributed by atoms with Gasteiger partial charge in [-0.05, 0) is 0 Å². The summed E-state index contributed by atoms with van der Waals surface area (Å²) in [6.45, 7) is 6.65. The third kappa shape index (κ3) is 5.17. The highest BCUT2D eigenvalue weighted by atomic mass is 16.6. The summed E-state index contributed by atoms with van der Waals surface area (Å²) in [5.41, 5.74) is 0. The molecule has 0 aromatic rings. The molecular weight excluding hydrogens is 280 g/mol. The number of rotatable bonds is 3. The standard InChI is InChI=1S/C8H14O4.C6H8O3/c1-5(7(9)11-3)6(2)8(10)12-4;1-3-4(2)6(8)9-5(3)7/h5-6H,1-4H3;3-4H,1-2H3/t5-,6-;3-,4-/m00/s1. The second-order valence-corrected chi connectivity index (χ2v) is 4.94. The largest absolute Gasteiger partial charge is 0.469 e. The van der Waals surface area contributed by atoms with E-state index in [9.17, 15) is 19.2 Å². The van der Waals surface area contributed by atoms with Gasteiger partial charge < -0.3 is 14.2 Å². The number of ether oxygens (including phenoxy) is 3. The monoisotopic (exact) mass is 302 g/mol. The molecule has 0 aromatic heterocycles. The van der Waals surface area contributed by atoms with Crippen LogP contribution in [0.2, 0.25) is 0 Å². The van der Waals surface area contributed by atoms with E-state index >= 15 is 0 Å². The molecule has 1 aliphatic heterocycles. The zero-order chi connectivity index (χ0) is 16.7. The fraction of sp³-hybridized carbons (Fsp3) is 0.714. The Labute approximate surface area is 123 Å². The van der Waals surface area contributed by atoms with E-state index in [1.807, 2.05) is 0 Å². The van der Waals surface area contributed by atoms with Gasteiger partial charge in [-0.2, -0.15) is 0 Å². The highest BCUT2D eigenvalue weighted by Crippen LogP contribution is 2.21. The van der Waals surface area contributed by atoms with Crippen LogP contribution < -0.4 is 0 Å². The van der Waals surface area contributed by atoms with Crippen molar-refractivity contribution < 1.29 is 33.4 Å². The molecule has 21 heavy (non-hydrogen) atoms. The summed E-state index contributed by atoms with van der Waals surface area (Å²) in [6, 6.07) is 0. The summed E-state index contributed by atoms with van der Waals surface area (Å²) >= 11 is 0. The Balaban J connectivity index is 0.000000394. The van der Waals surface area contributed by atoms with Crippen LogP contribution in [-0.4, -0.2) is 38.1 Å². The van der Waals surface area contributed by atoms with Gasteiger partial charge in [-0.3, -0.25) is 19.2 Å². The first kappa shape index (κ1) is 19.1. The molecule has 1 fully saturated rings.